The van der Waals surface area contributed by atoms with Gasteiger partial charge in [-0.2, -0.15) is 5.26 Å². The number of nitrogens with one attached hydrogen (secondary N) is 1. The molecule has 0 aromatic rings. The van der Waals surface area contributed by atoms with Crippen LogP contribution in [-0.2, 0) is 10.0 Å². The Morgan fingerprint density at radius 3 is 2.80 bits per heavy atom. The molecule has 1 atom stereocenters. The number of likely N-dealkylation sites (N-methyl/N-ethyl adjacent to an activating group) is 1. The third-order valence-corrected chi connectivity index (χ3v) is 4.20. The Bertz CT molecular complexity index is 328. The number of nitriles is 1. The zero-order valence-corrected chi connectivity index (χ0v) is 9.76. The predicted octanol–water partition coefficient (Wildman–Crippen LogP) is -0.0863. The second-order valence-electron chi connectivity index (χ2n) is 3.84. The van der Waals surface area contributed by atoms with Gasteiger partial charge in [-0.05, 0) is 19.4 Å². The summed E-state index contributed by atoms with van der Waals surface area (Å²) >= 11 is 0. The zero-order chi connectivity index (χ0) is 11.3. The van der Waals surface area contributed by atoms with Crippen LogP contribution in [0.4, 0.5) is 0 Å². The normalized spacial score (nSPS) is 22.6. The topological polar surface area (TPSA) is 73.2 Å². The van der Waals surface area contributed by atoms with Crippen molar-refractivity contribution in [3.8, 4) is 6.07 Å². The van der Waals surface area contributed by atoms with Crippen molar-refractivity contribution in [1.29, 1.82) is 5.26 Å². The van der Waals surface area contributed by atoms with E-state index < -0.39 is 15.8 Å². The van der Waals surface area contributed by atoms with Crippen LogP contribution in [0.5, 0.6) is 0 Å². The summed E-state index contributed by atoms with van der Waals surface area (Å²) in [5, 5.41) is 11.7. The highest BCUT2D eigenvalue weighted by Gasteiger charge is 2.22. The van der Waals surface area contributed by atoms with E-state index in [1.807, 2.05) is 0 Å². The zero-order valence-electron chi connectivity index (χ0n) is 8.94. The number of sulfonamides is 1. The molecule has 1 rings (SSSR count). The first kappa shape index (κ1) is 12.4. The molecule has 0 bridgehead atoms. The van der Waals surface area contributed by atoms with E-state index in [0.717, 1.165) is 25.8 Å². The number of hydrogen-bond donors (Lipinski definition) is 1. The number of rotatable bonds is 4. The van der Waals surface area contributed by atoms with E-state index in [4.69, 9.17) is 5.26 Å². The summed E-state index contributed by atoms with van der Waals surface area (Å²) in [6, 6.07) is 1.91. The lowest BCUT2D eigenvalue weighted by Gasteiger charge is -2.27. The van der Waals surface area contributed by atoms with Crippen LogP contribution in [0.3, 0.4) is 0 Å². The number of nitrogens with zero attached hydrogens (tertiary/aromatic N) is 2. The summed E-state index contributed by atoms with van der Waals surface area (Å²) < 4.78 is 24.2. The molecule has 1 aliphatic rings. The third-order valence-electron chi connectivity index (χ3n) is 2.61. The van der Waals surface area contributed by atoms with Crippen molar-refractivity contribution in [3.05, 3.63) is 0 Å². The van der Waals surface area contributed by atoms with E-state index in [1.54, 1.807) is 6.07 Å². The van der Waals surface area contributed by atoms with Gasteiger partial charge in [-0.3, -0.25) is 0 Å². The minimum absolute atomic E-state index is 0.234. The molecule has 1 heterocycles. The lowest BCUT2D eigenvalue weighted by Crippen LogP contribution is -2.44. The van der Waals surface area contributed by atoms with E-state index in [0.29, 0.717) is 6.54 Å². The van der Waals surface area contributed by atoms with E-state index in [1.165, 1.54) is 11.4 Å². The molecule has 1 aliphatic heterocycles. The van der Waals surface area contributed by atoms with Gasteiger partial charge in [-0.1, -0.05) is 6.42 Å². The van der Waals surface area contributed by atoms with Gasteiger partial charge in [0, 0.05) is 19.6 Å². The van der Waals surface area contributed by atoms with Gasteiger partial charge < -0.3 is 5.32 Å². The fourth-order valence-corrected chi connectivity index (χ4v) is 2.49. The maximum absolute atomic E-state index is 11.5. The molecule has 0 aromatic carbocycles. The van der Waals surface area contributed by atoms with Crippen LogP contribution in [0.1, 0.15) is 19.3 Å². The fraction of sp³-hybridized carbons (Fsp3) is 0.889. The lowest BCUT2D eigenvalue weighted by atomic mass is 10.1. The molecule has 0 aliphatic carbocycles. The van der Waals surface area contributed by atoms with Crippen LogP contribution >= 0.6 is 0 Å². The van der Waals surface area contributed by atoms with Gasteiger partial charge in [0.15, 0.2) is 5.75 Å². The summed E-state index contributed by atoms with van der Waals surface area (Å²) in [6.45, 7) is 1.42. The summed E-state index contributed by atoms with van der Waals surface area (Å²) in [4.78, 5) is 0. The first-order chi connectivity index (χ1) is 7.06. The molecule has 0 radical (unpaired) electrons. The SMILES string of the molecule is CN(CC1CCCCN1)S(=O)(=O)CC#N. The monoisotopic (exact) mass is 231 g/mol. The second kappa shape index (κ2) is 5.45. The molecule has 1 N–H and O–H groups in total. The van der Waals surface area contributed by atoms with Gasteiger partial charge in [0.05, 0.1) is 6.07 Å². The first-order valence-electron chi connectivity index (χ1n) is 5.10. The van der Waals surface area contributed by atoms with Gasteiger partial charge in [0.2, 0.25) is 10.0 Å². The average Bonchev–Trinajstić information content (AvgIpc) is 2.19. The molecule has 0 aromatic heterocycles. The van der Waals surface area contributed by atoms with E-state index in [-0.39, 0.29) is 6.04 Å². The molecule has 1 saturated heterocycles. The standard InChI is InChI=1S/C9H17N3O2S/c1-12(15(13,14)7-5-10)8-9-4-2-3-6-11-9/h9,11H,2-4,6-8H2,1H3. The molecule has 0 amide bonds. The third kappa shape index (κ3) is 3.78. The Labute approximate surface area is 91.1 Å². The van der Waals surface area contributed by atoms with Crippen LogP contribution in [0, 0.1) is 11.3 Å². The maximum atomic E-state index is 11.5. The summed E-state index contributed by atoms with van der Waals surface area (Å²) in [7, 11) is -1.85. The van der Waals surface area contributed by atoms with E-state index in [2.05, 4.69) is 5.32 Å². The van der Waals surface area contributed by atoms with Crippen molar-refractivity contribution in [2.24, 2.45) is 0 Å². The average molecular weight is 231 g/mol. The Morgan fingerprint density at radius 1 is 1.53 bits per heavy atom. The molecule has 0 saturated carbocycles. The van der Waals surface area contributed by atoms with Crippen molar-refractivity contribution in [1.82, 2.24) is 9.62 Å². The highest BCUT2D eigenvalue weighted by Crippen LogP contribution is 2.09. The summed E-state index contributed by atoms with van der Waals surface area (Å²) in [6.07, 6.45) is 3.31. The molecule has 0 spiro atoms. The van der Waals surface area contributed by atoms with Crippen LogP contribution in [0.2, 0.25) is 0 Å². The smallest absolute Gasteiger partial charge is 0.227 e. The number of piperidine rings is 1. The van der Waals surface area contributed by atoms with E-state index in [9.17, 15) is 8.42 Å². The Hall–Kier alpha value is -0.640. The van der Waals surface area contributed by atoms with Gasteiger partial charge in [-0.25, -0.2) is 12.7 Å². The van der Waals surface area contributed by atoms with Crippen LogP contribution in [0.15, 0.2) is 0 Å². The first-order valence-corrected chi connectivity index (χ1v) is 6.71. The van der Waals surface area contributed by atoms with Crippen molar-refractivity contribution >= 4 is 10.0 Å². The summed E-state index contributed by atoms with van der Waals surface area (Å²) in [5.74, 6) is -0.434. The summed E-state index contributed by atoms with van der Waals surface area (Å²) in [5.41, 5.74) is 0. The lowest BCUT2D eigenvalue weighted by molar-refractivity contribution is 0.338. The highest BCUT2D eigenvalue weighted by atomic mass is 32.2. The highest BCUT2D eigenvalue weighted by molar-refractivity contribution is 7.89. The molecule has 86 valence electrons. The van der Waals surface area contributed by atoms with Crippen LogP contribution in [0.25, 0.3) is 0 Å². The Morgan fingerprint density at radius 2 is 2.27 bits per heavy atom. The quantitative estimate of drug-likeness (QED) is 0.734. The molecule has 1 unspecified atom stereocenters. The molecule has 6 heteroatoms. The van der Waals surface area contributed by atoms with Crippen LogP contribution < -0.4 is 5.32 Å². The van der Waals surface area contributed by atoms with Crippen molar-refractivity contribution in [2.45, 2.75) is 25.3 Å². The Kier molecular flexibility index (Phi) is 4.51. The fourth-order valence-electron chi connectivity index (χ4n) is 1.70. The Balaban J connectivity index is 2.47. The molecule has 5 nitrogen and oxygen atoms in total. The van der Waals surface area contributed by atoms with Crippen molar-refractivity contribution in [3.63, 3.8) is 0 Å². The number of hydrogen-bond acceptors (Lipinski definition) is 4. The van der Waals surface area contributed by atoms with Gasteiger partial charge in [-0.15, -0.1) is 0 Å². The molecular weight excluding hydrogens is 214 g/mol. The maximum Gasteiger partial charge on any atom is 0.227 e. The minimum atomic E-state index is -3.38. The van der Waals surface area contributed by atoms with Gasteiger partial charge in [0.1, 0.15) is 0 Å². The van der Waals surface area contributed by atoms with Gasteiger partial charge >= 0.3 is 0 Å². The van der Waals surface area contributed by atoms with Crippen LogP contribution in [-0.4, -0.2) is 44.7 Å². The largest absolute Gasteiger partial charge is 0.313 e. The van der Waals surface area contributed by atoms with Crippen molar-refractivity contribution in [2.75, 3.05) is 25.9 Å². The van der Waals surface area contributed by atoms with Gasteiger partial charge in [0.25, 0.3) is 0 Å². The van der Waals surface area contributed by atoms with E-state index >= 15 is 0 Å². The van der Waals surface area contributed by atoms with Crippen molar-refractivity contribution < 1.29 is 8.42 Å². The second-order valence-corrected chi connectivity index (χ2v) is 5.92. The predicted molar refractivity (Wildman–Crippen MR) is 57.7 cm³/mol. The minimum Gasteiger partial charge on any atom is -0.313 e. The molecule has 1 fully saturated rings. The molecular formula is C9H17N3O2S. The molecule has 15 heavy (non-hydrogen) atoms.